The van der Waals surface area contributed by atoms with Gasteiger partial charge in [-0.15, -0.1) is 0 Å². The largest absolute Gasteiger partial charge is 0.425 e. The Labute approximate surface area is 133 Å². The van der Waals surface area contributed by atoms with Crippen LogP contribution in [0.25, 0.3) is 0 Å². The number of rotatable bonds is 6. The number of esters is 1. The van der Waals surface area contributed by atoms with Gasteiger partial charge in [0.2, 0.25) is 0 Å². The molecule has 2 rings (SSSR count). The Balaban J connectivity index is 2.12. The van der Waals surface area contributed by atoms with Crippen LogP contribution in [0, 0.1) is 0 Å². The van der Waals surface area contributed by atoms with Crippen molar-refractivity contribution < 1.29 is 19.1 Å². The standard InChI is InChI=1S/C17H16N2O4/c1-2-14(20)15(17(22)23-13-8-4-3-5-9-13)19-16(21)12-7-6-10-18-11-12/h3-11,15H,2H2,1H3,(H,19,21). The maximum atomic E-state index is 12.2. The van der Waals surface area contributed by atoms with Crippen LogP contribution in [-0.2, 0) is 9.59 Å². The molecule has 0 aliphatic heterocycles. The third-order valence-corrected chi connectivity index (χ3v) is 3.07. The molecule has 118 valence electrons. The molecule has 1 aromatic carbocycles. The Morgan fingerprint density at radius 1 is 1.13 bits per heavy atom. The Morgan fingerprint density at radius 2 is 1.87 bits per heavy atom. The summed E-state index contributed by atoms with van der Waals surface area (Å²) in [5, 5.41) is 2.40. The summed E-state index contributed by atoms with van der Waals surface area (Å²) in [6.45, 7) is 1.61. The average molecular weight is 312 g/mol. The molecule has 0 saturated heterocycles. The molecule has 0 fully saturated rings. The van der Waals surface area contributed by atoms with Gasteiger partial charge >= 0.3 is 5.97 Å². The molecule has 1 N–H and O–H groups in total. The zero-order valence-corrected chi connectivity index (χ0v) is 12.6. The van der Waals surface area contributed by atoms with Gasteiger partial charge in [-0.2, -0.15) is 0 Å². The molecule has 0 saturated carbocycles. The lowest BCUT2D eigenvalue weighted by atomic mass is 10.1. The van der Waals surface area contributed by atoms with Gasteiger partial charge in [0.25, 0.3) is 5.91 Å². The van der Waals surface area contributed by atoms with Crippen molar-refractivity contribution in [1.29, 1.82) is 0 Å². The highest BCUT2D eigenvalue weighted by Gasteiger charge is 2.29. The molecule has 1 aromatic heterocycles. The Bertz CT molecular complexity index is 686. The van der Waals surface area contributed by atoms with Gasteiger partial charge in [-0.3, -0.25) is 14.6 Å². The number of hydrogen-bond acceptors (Lipinski definition) is 5. The number of ether oxygens (including phenoxy) is 1. The Hall–Kier alpha value is -3.02. The first kappa shape index (κ1) is 16.4. The summed E-state index contributed by atoms with van der Waals surface area (Å²) in [4.78, 5) is 40.1. The minimum Gasteiger partial charge on any atom is -0.425 e. The van der Waals surface area contributed by atoms with E-state index in [-0.39, 0.29) is 12.0 Å². The van der Waals surface area contributed by atoms with Crippen LogP contribution >= 0.6 is 0 Å². The number of nitrogens with zero attached hydrogens (tertiary/aromatic N) is 1. The van der Waals surface area contributed by atoms with Gasteiger partial charge in [0, 0.05) is 18.8 Å². The molecule has 1 unspecified atom stereocenters. The smallest absolute Gasteiger partial charge is 0.341 e. The Kier molecular flexibility index (Phi) is 5.57. The molecule has 1 amide bonds. The molecule has 2 aromatic rings. The molecular formula is C17H16N2O4. The zero-order chi connectivity index (χ0) is 16.7. The quantitative estimate of drug-likeness (QED) is 0.499. The molecular weight excluding hydrogens is 296 g/mol. The number of carbonyl (C=O) groups excluding carboxylic acids is 3. The fourth-order valence-electron chi connectivity index (χ4n) is 1.85. The van der Waals surface area contributed by atoms with Crippen molar-refractivity contribution in [1.82, 2.24) is 10.3 Å². The van der Waals surface area contributed by atoms with Crippen LogP contribution < -0.4 is 10.1 Å². The van der Waals surface area contributed by atoms with Crippen LogP contribution in [0.1, 0.15) is 23.7 Å². The number of hydrogen-bond donors (Lipinski definition) is 1. The molecule has 0 bridgehead atoms. The minimum absolute atomic E-state index is 0.0991. The first-order valence-corrected chi connectivity index (χ1v) is 7.12. The van der Waals surface area contributed by atoms with E-state index in [1.807, 2.05) is 0 Å². The third-order valence-electron chi connectivity index (χ3n) is 3.07. The van der Waals surface area contributed by atoms with E-state index in [0.717, 1.165) is 0 Å². The van der Waals surface area contributed by atoms with Gasteiger partial charge in [0.1, 0.15) is 5.75 Å². The predicted molar refractivity (Wildman–Crippen MR) is 82.9 cm³/mol. The van der Waals surface area contributed by atoms with Crippen LogP contribution in [0.3, 0.4) is 0 Å². The maximum Gasteiger partial charge on any atom is 0.341 e. The van der Waals surface area contributed by atoms with E-state index in [4.69, 9.17) is 4.74 Å². The molecule has 0 aliphatic rings. The maximum absolute atomic E-state index is 12.2. The molecule has 0 spiro atoms. The number of pyridine rings is 1. The third kappa shape index (κ3) is 4.47. The van der Waals surface area contributed by atoms with Gasteiger partial charge < -0.3 is 10.1 Å². The normalized spacial score (nSPS) is 11.3. The second-order valence-electron chi connectivity index (χ2n) is 4.70. The minimum atomic E-state index is -1.35. The van der Waals surface area contributed by atoms with E-state index < -0.39 is 23.7 Å². The summed E-state index contributed by atoms with van der Waals surface area (Å²) in [6, 6.07) is 10.1. The van der Waals surface area contributed by atoms with Gasteiger partial charge in [0.15, 0.2) is 11.8 Å². The lowest BCUT2D eigenvalue weighted by Gasteiger charge is -2.16. The summed E-state index contributed by atoms with van der Waals surface area (Å²) in [5.74, 6) is -1.50. The summed E-state index contributed by atoms with van der Waals surface area (Å²) >= 11 is 0. The van der Waals surface area contributed by atoms with E-state index >= 15 is 0 Å². The molecule has 6 nitrogen and oxygen atoms in total. The van der Waals surface area contributed by atoms with Crippen molar-refractivity contribution in [3.63, 3.8) is 0 Å². The van der Waals surface area contributed by atoms with Crippen molar-refractivity contribution in [2.75, 3.05) is 0 Å². The summed E-state index contributed by atoms with van der Waals surface area (Å²) < 4.78 is 5.15. The van der Waals surface area contributed by atoms with Crippen molar-refractivity contribution >= 4 is 17.7 Å². The number of aromatic nitrogens is 1. The van der Waals surface area contributed by atoms with Crippen LogP contribution in [0.2, 0.25) is 0 Å². The number of carbonyl (C=O) groups is 3. The van der Waals surface area contributed by atoms with Crippen LogP contribution in [-0.4, -0.2) is 28.7 Å². The molecule has 23 heavy (non-hydrogen) atoms. The first-order chi connectivity index (χ1) is 11.1. The molecule has 6 heteroatoms. The number of amides is 1. The topological polar surface area (TPSA) is 85.4 Å². The highest BCUT2D eigenvalue weighted by Crippen LogP contribution is 2.10. The number of nitrogens with one attached hydrogen (secondary N) is 1. The van der Waals surface area contributed by atoms with Crippen molar-refractivity contribution in [2.45, 2.75) is 19.4 Å². The summed E-state index contributed by atoms with van der Waals surface area (Å²) in [7, 11) is 0. The number of ketones is 1. The second kappa shape index (κ2) is 7.84. The van der Waals surface area contributed by atoms with E-state index in [1.165, 1.54) is 12.4 Å². The fourth-order valence-corrected chi connectivity index (χ4v) is 1.85. The molecule has 0 aliphatic carbocycles. The van der Waals surface area contributed by atoms with Gasteiger partial charge in [0.05, 0.1) is 5.56 Å². The molecule has 1 heterocycles. The van der Waals surface area contributed by atoms with E-state index in [2.05, 4.69) is 10.3 Å². The van der Waals surface area contributed by atoms with Crippen molar-refractivity contribution in [2.24, 2.45) is 0 Å². The van der Waals surface area contributed by atoms with Crippen molar-refractivity contribution in [3.05, 3.63) is 60.4 Å². The SMILES string of the molecule is CCC(=O)C(NC(=O)c1cccnc1)C(=O)Oc1ccccc1. The molecule has 0 radical (unpaired) electrons. The van der Waals surface area contributed by atoms with Crippen LogP contribution in [0.4, 0.5) is 0 Å². The van der Waals surface area contributed by atoms with Crippen molar-refractivity contribution in [3.8, 4) is 5.75 Å². The summed E-state index contributed by atoms with van der Waals surface area (Å²) in [6.07, 6.45) is 2.97. The van der Waals surface area contributed by atoms with E-state index in [0.29, 0.717) is 5.75 Å². The van der Waals surface area contributed by atoms with E-state index in [9.17, 15) is 14.4 Å². The highest BCUT2D eigenvalue weighted by molar-refractivity contribution is 6.08. The summed E-state index contributed by atoms with van der Waals surface area (Å²) in [5.41, 5.74) is 0.258. The number of Topliss-reactive ketones (excluding diaryl/α,β-unsaturated/α-hetero) is 1. The number of para-hydroxylation sites is 1. The Morgan fingerprint density at radius 3 is 2.48 bits per heavy atom. The second-order valence-corrected chi connectivity index (χ2v) is 4.70. The van der Waals surface area contributed by atoms with Gasteiger partial charge in [-0.25, -0.2) is 4.79 Å². The number of benzene rings is 1. The highest BCUT2D eigenvalue weighted by atomic mass is 16.5. The van der Waals surface area contributed by atoms with Crippen LogP contribution in [0.15, 0.2) is 54.9 Å². The van der Waals surface area contributed by atoms with Gasteiger partial charge in [-0.05, 0) is 24.3 Å². The monoisotopic (exact) mass is 312 g/mol. The fraction of sp³-hybridized carbons (Fsp3) is 0.176. The zero-order valence-electron chi connectivity index (χ0n) is 12.6. The lowest BCUT2D eigenvalue weighted by molar-refractivity contribution is -0.140. The lowest BCUT2D eigenvalue weighted by Crippen LogP contribution is -2.48. The average Bonchev–Trinajstić information content (AvgIpc) is 2.60. The predicted octanol–water partition coefficient (Wildman–Crippen LogP) is 1.76. The molecule has 1 atom stereocenters. The van der Waals surface area contributed by atoms with E-state index in [1.54, 1.807) is 49.4 Å². The van der Waals surface area contributed by atoms with Gasteiger partial charge in [-0.1, -0.05) is 25.1 Å². The first-order valence-electron chi connectivity index (χ1n) is 7.12. The van der Waals surface area contributed by atoms with Crippen LogP contribution in [0.5, 0.6) is 5.75 Å².